The van der Waals surface area contributed by atoms with Crippen LogP contribution in [-0.4, -0.2) is 55.9 Å². The maximum atomic E-state index is 13.0. The number of rotatable bonds is 4. The van der Waals surface area contributed by atoms with Crippen LogP contribution in [0, 0.1) is 6.92 Å². The Morgan fingerprint density at radius 3 is 3.00 bits per heavy atom. The number of nitrogens with two attached hydrogens (primary N) is 2. The van der Waals surface area contributed by atoms with Gasteiger partial charge in [0.05, 0.1) is 17.8 Å². The Balaban J connectivity index is 1.27. The summed E-state index contributed by atoms with van der Waals surface area (Å²) in [5, 5.41) is 3.91. The number of piperidine rings is 1. The molecular weight excluding hydrogens is 438 g/mol. The number of nitrogens with zero attached hydrogens (tertiary/aromatic N) is 2. The third-order valence-electron chi connectivity index (χ3n) is 6.51. The lowest BCUT2D eigenvalue weighted by molar-refractivity contribution is 0.0730. The highest BCUT2D eigenvalue weighted by atomic mass is 32.1. The molecule has 1 saturated heterocycles. The van der Waals surface area contributed by atoms with Crippen LogP contribution in [-0.2, 0) is 11.2 Å². The van der Waals surface area contributed by atoms with Crippen LogP contribution in [0.2, 0.25) is 0 Å². The summed E-state index contributed by atoms with van der Waals surface area (Å²) in [6.45, 7) is 3.99. The minimum atomic E-state index is -0.183. The molecule has 0 bridgehead atoms. The van der Waals surface area contributed by atoms with Crippen molar-refractivity contribution in [1.82, 2.24) is 10.3 Å². The van der Waals surface area contributed by atoms with E-state index in [9.17, 15) is 4.79 Å². The van der Waals surface area contributed by atoms with E-state index >= 15 is 0 Å². The quantitative estimate of drug-likeness (QED) is 0.540. The smallest absolute Gasteiger partial charge is 0.263 e. The van der Waals surface area contributed by atoms with E-state index in [-0.39, 0.29) is 24.1 Å². The van der Waals surface area contributed by atoms with Gasteiger partial charge in [0.25, 0.3) is 5.91 Å². The summed E-state index contributed by atoms with van der Waals surface area (Å²) in [5.41, 5.74) is 16.0. The summed E-state index contributed by atoms with van der Waals surface area (Å²) < 4.78 is 11.6. The number of amides is 1. The second kappa shape index (κ2) is 8.81. The summed E-state index contributed by atoms with van der Waals surface area (Å²) in [7, 11) is 1.71. The number of aromatic nitrogens is 1. The largest absolute Gasteiger partial charge is 0.491 e. The van der Waals surface area contributed by atoms with E-state index in [4.69, 9.17) is 20.9 Å². The number of nitrogens with one attached hydrogen (secondary N) is 1. The number of anilines is 2. The van der Waals surface area contributed by atoms with Crippen LogP contribution in [0.15, 0.2) is 30.3 Å². The lowest BCUT2D eigenvalue weighted by Gasteiger charge is -2.38. The number of benzene rings is 1. The van der Waals surface area contributed by atoms with Gasteiger partial charge in [-0.05, 0) is 43.5 Å². The number of carbonyl (C=O) groups is 1. The second-order valence-electron chi connectivity index (χ2n) is 8.80. The van der Waals surface area contributed by atoms with Gasteiger partial charge >= 0.3 is 0 Å². The Bertz CT molecular complexity index is 1200. The highest BCUT2D eigenvalue weighted by Crippen LogP contribution is 2.34. The van der Waals surface area contributed by atoms with Gasteiger partial charge in [0.15, 0.2) is 0 Å². The summed E-state index contributed by atoms with van der Waals surface area (Å²) in [4.78, 5) is 21.0. The molecule has 2 aliphatic rings. The first-order chi connectivity index (χ1) is 15.9. The van der Waals surface area contributed by atoms with Crippen LogP contribution in [0.3, 0.4) is 0 Å². The van der Waals surface area contributed by atoms with Crippen LogP contribution in [0.5, 0.6) is 5.75 Å². The fourth-order valence-corrected chi connectivity index (χ4v) is 5.62. The number of hydrogen-bond acceptors (Lipinski definition) is 8. The third kappa shape index (κ3) is 4.23. The Kier molecular flexibility index (Phi) is 5.86. The van der Waals surface area contributed by atoms with E-state index in [1.54, 1.807) is 7.11 Å². The van der Waals surface area contributed by atoms with Gasteiger partial charge in [-0.25, -0.2) is 4.98 Å². The zero-order chi connectivity index (χ0) is 23.1. The lowest BCUT2D eigenvalue weighted by Crippen LogP contribution is -2.51. The van der Waals surface area contributed by atoms with Crippen LogP contribution in [0.1, 0.15) is 27.3 Å². The molecule has 4 heterocycles. The van der Waals surface area contributed by atoms with Crippen LogP contribution >= 0.6 is 11.3 Å². The van der Waals surface area contributed by atoms with Crippen LogP contribution < -0.4 is 26.4 Å². The van der Waals surface area contributed by atoms with Crippen molar-refractivity contribution >= 4 is 38.8 Å². The number of methoxy groups -OCH3 is 1. The fourth-order valence-electron chi connectivity index (χ4n) is 4.58. The SMILES string of the molecule is CO[C@H]1CN(c2ccc3c(c2)OC[C@H](NC(=O)c2sc4nc(C)ccc4c2N)C3)CC[C@@H]1N. The van der Waals surface area contributed by atoms with Crippen molar-refractivity contribution in [1.29, 1.82) is 0 Å². The number of hydrogen-bond donors (Lipinski definition) is 3. The Hall–Kier alpha value is -2.88. The number of nitrogen functional groups attached to an aromatic ring is 1. The second-order valence-corrected chi connectivity index (χ2v) is 9.80. The number of thiophene rings is 1. The minimum Gasteiger partial charge on any atom is -0.491 e. The molecule has 33 heavy (non-hydrogen) atoms. The van der Waals surface area contributed by atoms with Gasteiger partial charge in [0, 0.05) is 49.1 Å². The van der Waals surface area contributed by atoms with E-state index in [1.165, 1.54) is 11.3 Å². The molecule has 0 unspecified atom stereocenters. The van der Waals surface area contributed by atoms with E-state index in [2.05, 4.69) is 33.4 Å². The van der Waals surface area contributed by atoms with Crippen molar-refractivity contribution in [3.63, 3.8) is 0 Å². The number of ether oxygens (including phenoxy) is 2. The number of fused-ring (bicyclic) bond motifs is 2. The molecule has 0 spiro atoms. The molecule has 1 aromatic carbocycles. The molecule has 8 nitrogen and oxygen atoms in total. The molecule has 0 radical (unpaired) electrons. The molecule has 5 rings (SSSR count). The molecule has 174 valence electrons. The molecule has 0 saturated carbocycles. The predicted molar refractivity (Wildman–Crippen MR) is 131 cm³/mol. The van der Waals surface area contributed by atoms with Gasteiger partial charge in [-0.15, -0.1) is 11.3 Å². The van der Waals surface area contributed by atoms with Gasteiger partial charge in [0.1, 0.15) is 22.1 Å². The van der Waals surface area contributed by atoms with Gasteiger partial charge in [-0.1, -0.05) is 6.07 Å². The molecule has 1 fully saturated rings. The van der Waals surface area contributed by atoms with E-state index in [1.807, 2.05) is 19.1 Å². The molecule has 9 heteroatoms. The summed E-state index contributed by atoms with van der Waals surface area (Å²) >= 11 is 1.33. The molecule has 0 aliphatic carbocycles. The highest BCUT2D eigenvalue weighted by molar-refractivity contribution is 7.21. The maximum Gasteiger partial charge on any atom is 0.263 e. The molecule has 3 atom stereocenters. The first kappa shape index (κ1) is 21.9. The Labute approximate surface area is 196 Å². The average Bonchev–Trinajstić information content (AvgIpc) is 3.14. The first-order valence-electron chi connectivity index (χ1n) is 11.2. The van der Waals surface area contributed by atoms with E-state index < -0.39 is 0 Å². The lowest BCUT2D eigenvalue weighted by atomic mass is 9.99. The van der Waals surface area contributed by atoms with Crippen molar-refractivity contribution in [3.8, 4) is 5.75 Å². The number of pyridine rings is 1. The van der Waals surface area contributed by atoms with Gasteiger partial charge in [0.2, 0.25) is 0 Å². The Morgan fingerprint density at radius 2 is 2.18 bits per heavy atom. The van der Waals surface area contributed by atoms with Gasteiger partial charge in [-0.2, -0.15) is 0 Å². The Morgan fingerprint density at radius 1 is 1.33 bits per heavy atom. The van der Waals surface area contributed by atoms with Crippen molar-refractivity contribution in [2.45, 2.75) is 38.0 Å². The van der Waals surface area contributed by atoms with Crippen molar-refractivity contribution < 1.29 is 14.3 Å². The predicted octanol–water partition coefficient (Wildman–Crippen LogP) is 2.47. The maximum absolute atomic E-state index is 13.0. The normalized spacial score (nSPS) is 22.6. The molecule has 2 aromatic heterocycles. The van der Waals surface area contributed by atoms with Gasteiger partial charge < -0.3 is 31.2 Å². The van der Waals surface area contributed by atoms with Crippen molar-refractivity contribution in [3.05, 3.63) is 46.5 Å². The molecule has 1 amide bonds. The van der Waals surface area contributed by atoms with Crippen molar-refractivity contribution in [2.24, 2.45) is 5.73 Å². The molecule has 3 aromatic rings. The van der Waals surface area contributed by atoms with Crippen LogP contribution in [0.4, 0.5) is 11.4 Å². The van der Waals surface area contributed by atoms with Gasteiger partial charge in [-0.3, -0.25) is 4.79 Å². The third-order valence-corrected chi connectivity index (χ3v) is 7.62. The summed E-state index contributed by atoms with van der Waals surface area (Å²) in [5.74, 6) is 0.681. The van der Waals surface area contributed by atoms with E-state index in [0.717, 1.165) is 52.4 Å². The molecule has 2 aliphatic heterocycles. The minimum absolute atomic E-state index is 0.0238. The monoisotopic (exact) mass is 467 g/mol. The summed E-state index contributed by atoms with van der Waals surface area (Å²) in [6, 6.07) is 10.0. The molecule has 5 N–H and O–H groups in total. The standard InChI is InChI=1S/C24H29N5O3S/c1-13-3-6-17-21(26)22(33-24(17)27-13)23(30)28-15-9-14-4-5-16(10-19(14)32-12-15)29-8-7-18(25)20(11-29)31-2/h3-6,10,15,18,20H,7-9,11-12,25-26H2,1-2H3,(H,28,30)/t15-,18+,20+/m1/s1. The summed E-state index contributed by atoms with van der Waals surface area (Å²) in [6.07, 6.45) is 1.62. The zero-order valence-electron chi connectivity index (χ0n) is 18.8. The first-order valence-corrected chi connectivity index (χ1v) is 12.0. The molecular formula is C24H29N5O3S. The highest BCUT2D eigenvalue weighted by Gasteiger charge is 2.29. The number of carbonyl (C=O) groups excluding carboxylic acids is 1. The van der Waals surface area contributed by atoms with Crippen molar-refractivity contribution in [2.75, 3.05) is 37.4 Å². The fraction of sp³-hybridized carbons (Fsp3) is 0.417. The average molecular weight is 468 g/mol. The van der Waals surface area contributed by atoms with Crippen LogP contribution in [0.25, 0.3) is 10.2 Å². The zero-order valence-corrected chi connectivity index (χ0v) is 19.7. The number of aryl methyl sites for hydroxylation is 1. The van der Waals surface area contributed by atoms with E-state index in [0.29, 0.717) is 23.6 Å². The topological polar surface area (TPSA) is 116 Å².